The average Bonchev–Trinajstić information content (AvgIpc) is 2.27. The van der Waals surface area contributed by atoms with Crippen LogP contribution in [0.3, 0.4) is 0 Å². The molecule has 1 aromatic rings. The first-order valence-corrected chi connectivity index (χ1v) is 6.47. The molecule has 2 nitrogen and oxygen atoms in total. The second-order valence-corrected chi connectivity index (χ2v) is 4.58. The van der Waals surface area contributed by atoms with Crippen molar-refractivity contribution >= 4 is 11.8 Å². The van der Waals surface area contributed by atoms with Gasteiger partial charge in [0.25, 0.3) is 0 Å². The minimum absolute atomic E-state index is 0.791. The molecule has 0 amide bonds. The van der Waals surface area contributed by atoms with Gasteiger partial charge < -0.3 is 10.1 Å². The van der Waals surface area contributed by atoms with Crippen LogP contribution in [0.1, 0.15) is 12.5 Å². The van der Waals surface area contributed by atoms with Crippen LogP contribution in [0.15, 0.2) is 24.3 Å². The van der Waals surface area contributed by atoms with Gasteiger partial charge in [-0.1, -0.05) is 25.1 Å². The quantitative estimate of drug-likeness (QED) is 0.721. The average molecular weight is 225 g/mol. The molecule has 1 rings (SSSR count). The molecule has 0 aromatic heterocycles. The zero-order valence-corrected chi connectivity index (χ0v) is 10.3. The Kier molecular flexibility index (Phi) is 6.28. The number of ether oxygens (including phenoxy) is 1. The van der Waals surface area contributed by atoms with Crippen molar-refractivity contribution in [1.29, 1.82) is 0 Å². The van der Waals surface area contributed by atoms with Gasteiger partial charge in [-0.05, 0) is 18.9 Å². The van der Waals surface area contributed by atoms with Gasteiger partial charge in [-0.2, -0.15) is 11.8 Å². The monoisotopic (exact) mass is 225 g/mol. The predicted octanol–water partition coefficient (Wildman–Crippen LogP) is 2.54. The van der Waals surface area contributed by atoms with Gasteiger partial charge in [0.2, 0.25) is 0 Å². The predicted molar refractivity (Wildman–Crippen MR) is 67.7 cm³/mol. The molecule has 0 unspecified atom stereocenters. The van der Waals surface area contributed by atoms with E-state index in [1.54, 1.807) is 0 Å². The van der Waals surface area contributed by atoms with Gasteiger partial charge in [-0.25, -0.2) is 0 Å². The molecule has 0 fully saturated rings. The molecule has 0 aliphatic rings. The van der Waals surface area contributed by atoms with Gasteiger partial charge >= 0.3 is 0 Å². The minimum atomic E-state index is 0.791. The van der Waals surface area contributed by atoms with E-state index < -0.39 is 0 Å². The number of rotatable bonds is 7. The lowest BCUT2D eigenvalue weighted by Gasteiger charge is -2.10. The summed E-state index contributed by atoms with van der Waals surface area (Å²) in [6.45, 7) is 3.82. The van der Waals surface area contributed by atoms with Gasteiger partial charge in [0.15, 0.2) is 0 Å². The highest BCUT2D eigenvalue weighted by atomic mass is 32.2. The molecule has 0 saturated carbocycles. The van der Waals surface area contributed by atoms with Crippen LogP contribution < -0.4 is 10.1 Å². The van der Waals surface area contributed by atoms with Crippen molar-refractivity contribution in [1.82, 2.24) is 5.32 Å². The van der Waals surface area contributed by atoms with Crippen LogP contribution in [0.4, 0.5) is 0 Å². The summed E-state index contributed by atoms with van der Waals surface area (Å²) in [4.78, 5) is 0. The van der Waals surface area contributed by atoms with Crippen molar-refractivity contribution in [3.8, 4) is 5.75 Å². The number of hydrogen-bond donors (Lipinski definition) is 1. The second kappa shape index (κ2) is 7.60. The minimum Gasteiger partial charge on any atom is -0.492 e. The smallest absolute Gasteiger partial charge is 0.123 e. The lowest BCUT2D eigenvalue weighted by atomic mass is 10.2. The summed E-state index contributed by atoms with van der Waals surface area (Å²) in [5, 5.41) is 3.14. The van der Waals surface area contributed by atoms with E-state index in [1.165, 1.54) is 5.56 Å². The fraction of sp³-hybridized carbons (Fsp3) is 0.500. The first kappa shape index (κ1) is 12.4. The summed E-state index contributed by atoms with van der Waals surface area (Å²) in [5.74, 6) is 3.22. The molecule has 0 aliphatic heterocycles. The molecule has 0 bridgehead atoms. The molecule has 0 heterocycles. The van der Waals surface area contributed by atoms with Gasteiger partial charge in [0, 0.05) is 17.9 Å². The number of hydrogen-bond acceptors (Lipinski definition) is 3. The molecule has 0 radical (unpaired) electrons. The molecular formula is C12H19NOS. The molecule has 0 atom stereocenters. The van der Waals surface area contributed by atoms with E-state index in [4.69, 9.17) is 4.74 Å². The van der Waals surface area contributed by atoms with E-state index in [0.29, 0.717) is 0 Å². The van der Waals surface area contributed by atoms with Crippen LogP contribution in [0.25, 0.3) is 0 Å². The molecular weight excluding hydrogens is 206 g/mol. The number of para-hydroxylation sites is 1. The molecule has 84 valence electrons. The van der Waals surface area contributed by atoms with E-state index in [2.05, 4.69) is 18.3 Å². The van der Waals surface area contributed by atoms with Gasteiger partial charge in [-0.3, -0.25) is 0 Å². The number of benzene rings is 1. The van der Waals surface area contributed by atoms with Crippen LogP contribution in [0, 0.1) is 0 Å². The summed E-state index contributed by atoms with van der Waals surface area (Å²) >= 11 is 1.91. The maximum atomic E-state index is 5.73. The standard InChI is InChI=1S/C12H19NOS/c1-3-15-9-8-14-12-7-5-4-6-11(12)10-13-2/h4-7,13H,3,8-10H2,1-2H3. The van der Waals surface area contributed by atoms with E-state index in [9.17, 15) is 0 Å². The zero-order chi connectivity index (χ0) is 10.9. The highest BCUT2D eigenvalue weighted by Crippen LogP contribution is 2.17. The third-order valence-electron chi connectivity index (χ3n) is 2.03. The number of nitrogens with one attached hydrogen (secondary N) is 1. The normalized spacial score (nSPS) is 10.3. The fourth-order valence-electron chi connectivity index (χ4n) is 1.34. The Labute approximate surface area is 96.4 Å². The third-order valence-corrected chi connectivity index (χ3v) is 2.89. The Morgan fingerprint density at radius 3 is 2.87 bits per heavy atom. The Balaban J connectivity index is 2.44. The van der Waals surface area contributed by atoms with E-state index in [1.807, 2.05) is 37.0 Å². The van der Waals surface area contributed by atoms with Gasteiger partial charge in [-0.15, -0.1) is 0 Å². The largest absolute Gasteiger partial charge is 0.492 e. The summed E-state index contributed by atoms with van der Waals surface area (Å²) in [5.41, 5.74) is 1.22. The van der Waals surface area contributed by atoms with Gasteiger partial charge in [0.05, 0.1) is 6.61 Å². The Bertz CT molecular complexity index is 278. The number of thioether (sulfide) groups is 1. The lowest BCUT2D eigenvalue weighted by Crippen LogP contribution is -2.08. The Hall–Kier alpha value is -0.670. The Morgan fingerprint density at radius 2 is 2.13 bits per heavy atom. The van der Waals surface area contributed by atoms with E-state index in [-0.39, 0.29) is 0 Å². The second-order valence-electron chi connectivity index (χ2n) is 3.18. The molecule has 0 spiro atoms. The van der Waals surface area contributed by atoms with Crippen molar-refractivity contribution < 1.29 is 4.74 Å². The van der Waals surface area contributed by atoms with Crippen molar-refractivity contribution in [3.05, 3.63) is 29.8 Å². The Morgan fingerprint density at radius 1 is 1.33 bits per heavy atom. The van der Waals surface area contributed by atoms with E-state index >= 15 is 0 Å². The van der Waals surface area contributed by atoms with Gasteiger partial charge in [0.1, 0.15) is 5.75 Å². The van der Waals surface area contributed by atoms with E-state index in [0.717, 1.165) is 30.4 Å². The lowest BCUT2D eigenvalue weighted by molar-refractivity contribution is 0.339. The van der Waals surface area contributed by atoms with Crippen LogP contribution >= 0.6 is 11.8 Å². The zero-order valence-electron chi connectivity index (χ0n) is 9.45. The third kappa shape index (κ3) is 4.58. The molecule has 3 heteroatoms. The molecule has 0 aliphatic carbocycles. The van der Waals surface area contributed by atoms with Crippen molar-refractivity contribution in [2.24, 2.45) is 0 Å². The van der Waals surface area contributed by atoms with Crippen molar-refractivity contribution in [3.63, 3.8) is 0 Å². The van der Waals surface area contributed by atoms with Crippen LogP contribution in [-0.2, 0) is 6.54 Å². The maximum Gasteiger partial charge on any atom is 0.123 e. The molecule has 0 saturated heterocycles. The summed E-state index contributed by atoms with van der Waals surface area (Å²) in [6.07, 6.45) is 0. The van der Waals surface area contributed by atoms with Crippen LogP contribution in [0.2, 0.25) is 0 Å². The first-order valence-electron chi connectivity index (χ1n) is 5.31. The first-order chi connectivity index (χ1) is 7.38. The molecule has 1 aromatic carbocycles. The molecule has 15 heavy (non-hydrogen) atoms. The highest BCUT2D eigenvalue weighted by Gasteiger charge is 2.00. The topological polar surface area (TPSA) is 21.3 Å². The van der Waals surface area contributed by atoms with Crippen LogP contribution in [0.5, 0.6) is 5.75 Å². The van der Waals surface area contributed by atoms with Crippen molar-refractivity contribution in [2.75, 3.05) is 25.2 Å². The SMILES string of the molecule is CCSCCOc1ccccc1CNC. The summed E-state index contributed by atoms with van der Waals surface area (Å²) < 4.78 is 5.73. The van der Waals surface area contributed by atoms with Crippen molar-refractivity contribution in [2.45, 2.75) is 13.5 Å². The summed E-state index contributed by atoms with van der Waals surface area (Å²) in [7, 11) is 1.95. The van der Waals surface area contributed by atoms with Crippen LogP contribution in [-0.4, -0.2) is 25.2 Å². The summed E-state index contributed by atoms with van der Waals surface area (Å²) in [6, 6.07) is 8.18. The fourth-order valence-corrected chi connectivity index (χ4v) is 1.83. The molecule has 1 N–H and O–H groups in total. The maximum absolute atomic E-state index is 5.73. The highest BCUT2D eigenvalue weighted by molar-refractivity contribution is 7.99.